The Hall–Kier alpha value is -2.54. The lowest BCUT2D eigenvalue weighted by molar-refractivity contribution is -0.117. The number of ketones is 1. The quantitative estimate of drug-likeness (QED) is 0.903. The van der Waals surface area contributed by atoms with Crippen LogP contribution >= 0.6 is 0 Å². The second kappa shape index (κ2) is 5.45. The summed E-state index contributed by atoms with van der Waals surface area (Å²) in [5.41, 5.74) is 7.97. The summed E-state index contributed by atoms with van der Waals surface area (Å²) >= 11 is 0. The molecule has 106 valence electrons. The number of benzene rings is 1. The van der Waals surface area contributed by atoms with Crippen LogP contribution in [-0.2, 0) is 16.0 Å². The summed E-state index contributed by atoms with van der Waals surface area (Å²) in [6.45, 7) is 0. The summed E-state index contributed by atoms with van der Waals surface area (Å²) in [5, 5.41) is 9.38. The minimum absolute atomic E-state index is 0.0810. The molecule has 0 spiro atoms. The van der Waals surface area contributed by atoms with E-state index in [1.54, 1.807) is 0 Å². The molecular formula is C17H16N2O2. The molecule has 1 atom stereocenters. The molecule has 0 bridgehead atoms. The third-order valence-corrected chi connectivity index (χ3v) is 4.01. The summed E-state index contributed by atoms with van der Waals surface area (Å²) in [6.07, 6.45) is 2.61. The monoisotopic (exact) mass is 280 g/mol. The number of hydrogen-bond acceptors (Lipinski definition) is 4. The number of allylic oxidation sites excluding steroid dienone is 3. The minimum atomic E-state index is -0.283. The van der Waals surface area contributed by atoms with Gasteiger partial charge >= 0.3 is 0 Å². The van der Waals surface area contributed by atoms with Gasteiger partial charge in [0.15, 0.2) is 5.78 Å². The van der Waals surface area contributed by atoms with E-state index in [0.717, 1.165) is 12.0 Å². The predicted molar refractivity (Wildman–Crippen MR) is 77.4 cm³/mol. The Morgan fingerprint density at radius 3 is 2.76 bits per heavy atom. The van der Waals surface area contributed by atoms with Gasteiger partial charge in [-0.1, -0.05) is 30.3 Å². The number of nitriles is 1. The van der Waals surface area contributed by atoms with Crippen LogP contribution < -0.4 is 5.73 Å². The van der Waals surface area contributed by atoms with Crippen molar-refractivity contribution in [3.05, 3.63) is 58.7 Å². The van der Waals surface area contributed by atoms with Crippen LogP contribution in [0, 0.1) is 17.2 Å². The number of Topliss-reactive ketones (excluding diaryl/α,β-unsaturated/α-hetero) is 1. The number of ether oxygens (including phenoxy) is 1. The van der Waals surface area contributed by atoms with Crippen molar-refractivity contribution in [2.75, 3.05) is 0 Å². The van der Waals surface area contributed by atoms with E-state index in [4.69, 9.17) is 10.5 Å². The molecule has 2 N–H and O–H groups in total. The van der Waals surface area contributed by atoms with Crippen molar-refractivity contribution in [3.8, 4) is 6.07 Å². The van der Waals surface area contributed by atoms with Gasteiger partial charge in [0.2, 0.25) is 5.88 Å². The average Bonchev–Trinajstić information content (AvgIpc) is 2.48. The SMILES string of the molecule is N#CC1=C(N)OC2=C(C(=O)CCC2)[C@H]1Cc1ccccc1. The van der Waals surface area contributed by atoms with Crippen molar-refractivity contribution in [1.29, 1.82) is 5.26 Å². The number of rotatable bonds is 2. The summed E-state index contributed by atoms with van der Waals surface area (Å²) in [4.78, 5) is 12.3. The normalized spacial score (nSPS) is 21.7. The van der Waals surface area contributed by atoms with Crippen LogP contribution in [0.1, 0.15) is 24.8 Å². The van der Waals surface area contributed by atoms with Gasteiger partial charge in [-0.3, -0.25) is 4.79 Å². The number of carbonyl (C=O) groups excluding carboxylic acids is 1. The first-order valence-corrected chi connectivity index (χ1v) is 7.08. The average molecular weight is 280 g/mol. The van der Waals surface area contributed by atoms with Gasteiger partial charge < -0.3 is 10.5 Å². The Kier molecular flexibility index (Phi) is 3.49. The fourth-order valence-electron chi connectivity index (χ4n) is 3.02. The molecule has 3 rings (SSSR count). The number of hydrogen-bond donors (Lipinski definition) is 1. The van der Waals surface area contributed by atoms with Crippen molar-refractivity contribution in [2.24, 2.45) is 11.7 Å². The van der Waals surface area contributed by atoms with E-state index in [0.29, 0.717) is 36.2 Å². The maximum Gasteiger partial charge on any atom is 0.204 e. The van der Waals surface area contributed by atoms with E-state index in [1.165, 1.54) is 0 Å². The fourth-order valence-corrected chi connectivity index (χ4v) is 3.02. The van der Waals surface area contributed by atoms with Crippen molar-refractivity contribution in [2.45, 2.75) is 25.7 Å². The van der Waals surface area contributed by atoms with Gasteiger partial charge in [0.25, 0.3) is 0 Å². The standard InChI is InChI=1S/C17H16N2O2/c18-10-13-12(9-11-5-2-1-3-6-11)16-14(20)7-4-8-15(16)21-17(13)19/h1-3,5-6,12H,4,7-9,19H2/t12-/m0/s1. The minimum Gasteiger partial charge on any atom is -0.444 e. The molecular weight excluding hydrogens is 264 g/mol. The second-order valence-electron chi connectivity index (χ2n) is 5.35. The molecule has 1 heterocycles. The summed E-state index contributed by atoms with van der Waals surface area (Å²) < 4.78 is 5.53. The molecule has 0 saturated carbocycles. The molecule has 0 unspecified atom stereocenters. The van der Waals surface area contributed by atoms with Gasteiger partial charge in [-0.05, 0) is 18.4 Å². The van der Waals surface area contributed by atoms with Crippen molar-refractivity contribution in [3.63, 3.8) is 0 Å². The van der Waals surface area contributed by atoms with Crippen molar-refractivity contribution < 1.29 is 9.53 Å². The highest BCUT2D eigenvalue weighted by molar-refractivity contribution is 5.98. The maximum absolute atomic E-state index is 12.3. The third-order valence-electron chi connectivity index (χ3n) is 4.01. The molecule has 21 heavy (non-hydrogen) atoms. The van der Waals surface area contributed by atoms with E-state index in [2.05, 4.69) is 6.07 Å². The Bertz CT molecular complexity index is 680. The van der Waals surface area contributed by atoms with Crippen LogP contribution in [-0.4, -0.2) is 5.78 Å². The van der Waals surface area contributed by atoms with Gasteiger partial charge in [-0.25, -0.2) is 0 Å². The molecule has 2 aliphatic rings. The van der Waals surface area contributed by atoms with Gasteiger partial charge in [-0.2, -0.15) is 5.26 Å². The van der Waals surface area contributed by atoms with Crippen LogP contribution in [0.3, 0.4) is 0 Å². The lowest BCUT2D eigenvalue weighted by Gasteiger charge is -2.30. The van der Waals surface area contributed by atoms with E-state index in [1.807, 2.05) is 30.3 Å². The second-order valence-corrected chi connectivity index (χ2v) is 5.35. The van der Waals surface area contributed by atoms with E-state index >= 15 is 0 Å². The van der Waals surface area contributed by atoms with Crippen LogP contribution in [0.25, 0.3) is 0 Å². The van der Waals surface area contributed by atoms with Crippen LogP contribution in [0.4, 0.5) is 0 Å². The zero-order valence-electron chi connectivity index (χ0n) is 11.6. The van der Waals surface area contributed by atoms with Gasteiger partial charge in [0.05, 0.1) is 5.57 Å². The highest BCUT2D eigenvalue weighted by Gasteiger charge is 2.36. The first kappa shape index (κ1) is 13.4. The summed E-state index contributed by atoms with van der Waals surface area (Å²) in [7, 11) is 0. The molecule has 0 amide bonds. The Morgan fingerprint density at radius 2 is 2.05 bits per heavy atom. The topological polar surface area (TPSA) is 76.1 Å². The molecule has 0 radical (unpaired) electrons. The van der Waals surface area contributed by atoms with E-state index in [-0.39, 0.29) is 17.6 Å². The first-order valence-electron chi connectivity index (χ1n) is 7.08. The molecule has 0 fully saturated rings. The zero-order chi connectivity index (χ0) is 14.8. The fraction of sp³-hybridized carbons (Fsp3) is 0.294. The van der Waals surface area contributed by atoms with Crippen LogP contribution in [0.15, 0.2) is 53.1 Å². The summed E-state index contributed by atoms with van der Waals surface area (Å²) in [6, 6.07) is 12.0. The molecule has 0 saturated heterocycles. The van der Waals surface area contributed by atoms with Crippen molar-refractivity contribution in [1.82, 2.24) is 0 Å². The van der Waals surface area contributed by atoms with Gasteiger partial charge in [0.1, 0.15) is 11.8 Å². The van der Waals surface area contributed by atoms with Crippen LogP contribution in [0.5, 0.6) is 0 Å². The maximum atomic E-state index is 12.3. The molecule has 1 aliphatic heterocycles. The number of nitrogens with zero attached hydrogens (tertiary/aromatic N) is 1. The zero-order valence-corrected chi connectivity index (χ0v) is 11.6. The largest absolute Gasteiger partial charge is 0.444 e. The molecule has 1 aromatic rings. The molecule has 1 aromatic carbocycles. The van der Waals surface area contributed by atoms with E-state index < -0.39 is 0 Å². The van der Waals surface area contributed by atoms with E-state index in [9.17, 15) is 10.1 Å². The summed E-state index contributed by atoms with van der Waals surface area (Å²) in [5.74, 6) is 0.599. The first-order chi connectivity index (χ1) is 10.2. The Morgan fingerprint density at radius 1 is 1.29 bits per heavy atom. The lowest BCUT2D eigenvalue weighted by atomic mass is 9.78. The van der Waals surface area contributed by atoms with Crippen molar-refractivity contribution >= 4 is 5.78 Å². The van der Waals surface area contributed by atoms with Gasteiger partial charge in [0, 0.05) is 24.3 Å². The highest BCUT2D eigenvalue weighted by atomic mass is 16.5. The Labute approximate surface area is 123 Å². The highest BCUT2D eigenvalue weighted by Crippen LogP contribution is 2.39. The van der Waals surface area contributed by atoms with Crippen LogP contribution in [0.2, 0.25) is 0 Å². The number of nitrogens with two attached hydrogens (primary N) is 1. The third kappa shape index (κ3) is 2.43. The molecule has 1 aliphatic carbocycles. The molecule has 4 nitrogen and oxygen atoms in total. The number of carbonyl (C=O) groups is 1. The predicted octanol–water partition coefficient (Wildman–Crippen LogP) is 2.58. The van der Waals surface area contributed by atoms with Gasteiger partial charge in [-0.15, -0.1) is 0 Å². The molecule has 0 aromatic heterocycles. The lowest BCUT2D eigenvalue weighted by Crippen LogP contribution is -2.29. The smallest absolute Gasteiger partial charge is 0.204 e. The molecule has 4 heteroatoms. The Balaban J connectivity index is 2.03.